The zero-order valence-electron chi connectivity index (χ0n) is 11.6. The summed E-state index contributed by atoms with van der Waals surface area (Å²) in [6.07, 6.45) is 2.25. The summed E-state index contributed by atoms with van der Waals surface area (Å²) in [5.74, 6) is -0.0800. The molecule has 114 valence electrons. The Labute approximate surface area is 128 Å². The number of benzene rings is 1. The molecule has 5 nitrogen and oxygen atoms in total. The zero-order valence-corrected chi connectivity index (χ0v) is 13.1. The van der Waals surface area contributed by atoms with Crippen LogP contribution < -0.4 is 10.1 Å². The molecule has 1 aromatic carbocycles. The molecule has 21 heavy (non-hydrogen) atoms. The predicted octanol–water partition coefficient (Wildman–Crippen LogP) is 2.01. The highest BCUT2D eigenvalue weighted by molar-refractivity contribution is 8.13. The van der Waals surface area contributed by atoms with Gasteiger partial charge in [-0.2, -0.15) is 0 Å². The number of amides is 1. The maximum Gasteiger partial charge on any atom is 0.261 e. The Hall–Kier alpha value is -1.27. The Morgan fingerprint density at radius 2 is 2.19 bits per heavy atom. The van der Waals surface area contributed by atoms with Crippen molar-refractivity contribution in [2.24, 2.45) is 5.41 Å². The van der Waals surface area contributed by atoms with Crippen LogP contribution in [0.25, 0.3) is 0 Å². The van der Waals surface area contributed by atoms with Crippen molar-refractivity contribution in [2.75, 3.05) is 13.2 Å². The molecule has 0 aromatic heterocycles. The van der Waals surface area contributed by atoms with Gasteiger partial charge in [-0.25, -0.2) is 8.42 Å². The molecule has 1 aromatic rings. The van der Waals surface area contributed by atoms with Crippen LogP contribution in [0.5, 0.6) is 5.75 Å². The van der Waals surface area contributed by atoms with Gasteiger partial charge in [-0.1, -0.05) is 6.92 Å². The van der Waals surface area contributed by atoms with Crippen molar-refractivity contribution < 1.29 is 17.9 Å². The second-order valence-corrected chi connectivity index (χ2v) is 8.60. The first kappa shape index (κ1) is 14.7. The van der Waals surface area contributed by atoms with E-state index in [0.29, 0.717) is 17.9 Å². The molecule has 1 unspecified atom stereocenters. The van der Waals surface area contributed by atoms with Crippen LogP contribution in [0.15, 0.2) is 23.1 Å². The quantitative estimate of drug-likeness (QED) is 0.858. The Kier molecular flexibility index (Phi) is 3.41. The summed E-state index contributed by atoms with van der Waals surface area (Å²) in [5.41, 5.74) is 0.800. The number of carbonyl (C=O) groups excluding carboxylic acids is 1. The Bertz CT molecular complexity index is 697. The van der Waals surface area contributed by atoms with Crippen LogP contribution in [0.2, 0.25) is 0 Å². The number of hydrogen-bond donors (Lipinski definition) is 1. The van der Waals surface area contributed by atoms with E-state index in [1.807, 2.05) is 0 Å². The lowest BCUT2D eigenvalue weighted by Crippen LogP contribution is -2.34. The minimum Gasteiger partial charge on any atom is -0.492 e. The van der Waals surface area contributed by atoms with Gasteiger partial charge in [0.1, 0.15) is 18.3 Å². The largest absolute Gasteiger partial charge is 0.492 e. The summed E-state index contributed by atoms with van der Waals surface area (Å²) in [6.45, 7) is 3.00. The van der Waals surface area contributed by atoms with E-state index in [-0.39, 0.29) is 22.8 Å². The lowest BCUT2D eigenvalue weighted by molar-refractivity contribution is -0.123. The minimum absolute atomic E-state index is 0.0135. The molecule has 2 aliphatic rings. The summed E-state index contributed by atoms with van der Waals surface area (Å²) in [4.78, 5) is 12.3. The highest BCUT2D eigenvalue weighted by Crippen LogP contribution is 2.44. The van der Waals surface area contributed by atoms with Gasteiger partial charge in [0.05, 0.1) is 4.90 Å². The first-order chi connectivity index (χ1) is 9.78. The molecule has 1 aliphatic heterocycles. The second kappa shape index (κ2) is 4.88. The van der Waals surface area contributed by atoms with Crippen LogP contribution in [0.1, 0.15) is 31.2 Å². The lowest BCUT2D eigenvalue weighted by atomic mass is 10.00. The van der Waals surface area contributed by atoms with E-state index in [1.54, 1.807) is 6.07 Å². The van der Waals surface area contributed by atoms with Gasteiger partial charge in [-0.15, -0.1) is 0 Å². The summed E-state index contributed by atoms with van der Waals surface area (Å²) in [5, 5.41) is 2.92. The number of rotatable bonds is 4. The van der Waals surface area contributed by atoms with Crippen molar-refractivity contribution in [3.8, 4) is 5.75 Å². The molecule has 0 saturated heterocycles. The fourth-order valence-electron chi connectivity index (χ4n) is 2.38. The van der Waals surface area contributed by atoms with Crippen LogP contribution in [0.3, 0.4) is 0 Å². The van der Waals surface area contributed by atoms with E-state index in [2.05, 4.69) is 12.2 Å². The molecule has 0 bridgehead atoms. The number of carbonyl (C=O) groups is 1. The van der Waals surface area contributed by atoms with Gasteiger partial charge in [-0.05, 0) is 36.5 Å². The van der Waals surface area contributed by atoms with Gasteiger partial charge >= 0.3 is 0 Å². The minimum atomic E-state index is -3.81. The predicted molar refractivity (Wildman–Crippen MR) is 78.1 cm³/mol. The molecular weight excluding hydrogens is 314 g/mol. The van der Waals surface area contributed by atoms with Crippen molar-refractivity contribution >= 4 is 25.6 Å². The Morgan fingerprint density at radius 1 is 1.48 bits per heavy atom. The van der Waals surface area contributed by atoms with Crippen molar-refractivity contribution in [2.45, 2.75) is 30.6 Å². The molecular formula is C14H16ClNO4S. The van der Waals surface area contributed by atoms with E-state index >= 15 is 0 Å². The van der Waals surface area contributed by atoms with Crippen LogP contribution in [0.4, 0.5) is 0 Å². The van der Waals surface area contributed by atoms with Crippen LogP contribution in [-0.2, 0) is 13.8 Å². The monoisotopic (exact) mass is 329 g/mol. The normalized spacial score (nSPS) is 22.3. The van der Waals surface area contributed by atoms with E-state index in [9.17, 15) is 13.2 Å². The van der Waals surface area contributed by atoms with Crippen molar-refractivity contribution in [1.82, 2.24) is 5.32 Å². The summed E-state index contributed by atoms with van der Waals surface area (Å²) in [6, 6.07) is 4.35. The molecule has 1 N–H and O–H groups in total. The van der Waals surface area contributed by atoms with E-state index < -0.39 is 15.0 Å². The highest BCUT2D eigenvalue weighted by Gasteiger charge is 2.39. The Balaban J connectivity index is 1.80. The van der Waals surface area contributed by atoms with Gasteiger partial charge in [0.15, 0.2) is 0 Å². The molecule has 1 heterocycles. The second-order valence-electron chi connectivity index (χ2n) is 6.03. The fourth-order valence-corrected chi connectivity index (χ4v) is 3.16. The molecule has 7 heteroatoms. The maximum atomic E-state index is 12.3. The summed E-state index contributed by atoms with van der Waals surface area (Å²) >= 11 is 0. The van der Waals surface area contributed by atoms with Crippen molar-refractivity contribution in [3.05, 3.63) is 23.8 Å². The molecule has 1 fully saturated rings. The molecule has 1 amide bonds. The number of hydrogen-bond acceptors (Lipinski definition) is 4. The number of halogens is 1. The SMILES string of the molecule is CC1(CNC(=O)C2COc3ccc(S(=O)(=O)Cl)cc32)CC1. The average molecular weight is 330 g/mol. The highest BCUT2D eigenvalue weighted by atomic mass is 35.7. The number of fused-ring (bicyclic) bond motifs is 1. The Morgan fingerprint density at radius 3 is 2.81 bits per heavy atom. The smallest absolute Gasteiger partial charge is 0.261 e. The molecule has 3 rings (SSSR count). The van der Waals surface area contributed by atoms with E-state index in [4.69, 9.17) is 15.4 Å². The molecule has 0 spiro atoms. The number of ether oxygens (including phenoxy) is 1. The molecule has 1 aliphatic carbocycles. The topological polar surface area (TPSA) is 72.5 Å². The third-order valence-electron chi connectivity index (χ3n) is 4.15. The molecule has 0 radical (unpaired) electrons. The third-order valence-corrected chi connectivity index (χ3v) is 5.50. The van der Waals surface area contributed by atoms with E-state index in [0.717, 1.165) is 12.8 Å². The van der Waals surface area contributed by atoms with Gasteiger partial charge in [0.25, 0.3) is 9.05 Å². The average Bonchev–Trinajstić information content (AvgIpc) is 3.00. The third kappa shape index (κ3) is 3.01. The van der Waals surface area contributed by atoms with Gasteiger partial charge in [-0.3, -0.25) is 4.79 Å². The first-order valence-corrected chi connectivity index (χ1v) is 9.09. The standard InChI is InChI=1S/C14H16ClNO4S/c1-14(4-5-14)8-16-13(17)11-7-20-12-3-2-9(6-10(11)12)21(15,18)19/h2-3,6,11H,4-5,7-8H2,1H3,(H,16,17). The molecule has 1 atom stereocenters. The van der Waals surface area contributed by atoms with Gasteiger partial charge in [0.2, 0.25) is 5.91 Å². The zero-order chi connectivity index (χ0) is 15.3. The van der Waals surface area contributed by atoms with Crippen molar-refractivity contribution in [1.29, 1.82) is 0 Å². The van der Waals surface area contributed by atoms with Gasteiger partial charge < -0.3 is 10.1 Å². The van der Waals surface area contributed by atoms with Crippen LogP contribution in [0, 0.1) is 5.41 Å². The summed E-state index contributed by atoms with van der Waals surface area (Å²) in [7, 11) is 1.53. The van der Waals surface area contributed by atoms with Gasteiger partial charge in [0, 0.05) is 22.8 Å². The maximum absolute atomic E-state index is 12.3. The number of nitrogens with one attached hydrogen (secondary N) is 1. The van der Waals surface area contributed by atoms with Crippen molar-refractivity contribution in [3.63, 3.8) is 0 Å². The fraction of sp³-hybridized carbons (Fsp3) is 0.500. The first-order valence-electron chi connectivity index (χ1n) is 6.78. The summed E-state index contributed by atoms with van der Waals surface area (Å²) < 4.78 is 28.2. The molecule has 1 saturated carbocycles. The lowest BCUT2D eigenvalue weighted by Gasteiger charge is -2.13. The van der Waals surface area contributed by atoms with Crippen LogP contribution in [-0.4, -0.2) is 27.5 Å². The van der Waals surface area contributed by atoms with Crippen LogP contribution >= 0.6 is 10.7 Å². The van der Waals surface area contributed by atoms with E-state index in [1.165, 1.54) is 12.1 Å².